The monoisotopic (exact) mass is 386 g/mol. The summed E-state index contributed by atoms with van der Waals surface area (Å²) in [4.78, 5) is 26.3. The Morgan fingerprint density at radius 1 is 1.30 bits per heavy atom. The van der Waals surface area contributed by atoms with Gasteiger partial charge in [0.25, 0.3) is 5.91 Å². The molecule has 1 aliphatic rings. The number of amides is 1. The summed E-state index contributed by atoms with van der Waals surface area (Å²) < 4.78 is 0. The summed E-state index contributed by atoms with van der Waals surface area (Å²) in [5.74, 6) is -1.36. The van der Waals surface area contributed by atoms with Crippen LogP contribution in [0.3, 0.4) is 0 Å². The van der Waals surface area contributed by atoms with Gasteiger partial charge in [-0.05, 0) is 55.8 Å². The van der Waals surface area contributed by atoms with Gasteiger partial charge in [-0.2, -0.15) is 0 Å². The van der Waals surface area contributed by atoms with Crippen molar-refractivity contribution in [1.29, 1.82) is 0 Å². The van der Waals surface area contributed by atoms with Crippen molar-refractivity contribution in [1.82, 2.24) is 5.32 Å². The van der Waals surface area contributed by atoms with Crippen molar-refractivity contribution in [3.8, 4) is 0 Å². The first-order chi connectivity index (χ1) is 12.7. The minimum atomic E-state index is -1.02. The normalized spacial score (nSPS) is 15.3. The average molecular weight is 387 g/mol. The quantitative estimate of drug-likeness (QED) is 0.718. The third kappa shape index (κ3) is 4.06. The number of fused-ring (bicyclic) bond motifs is 1. The van der Waals surface area contributed by atoms with Crippen molar-refractivity contribution < 1.29 is 14.7 Å². The van der Waals surface area contributed by atoms with Gasteiger partial charge in [-0.1, -0.05) is 31.5 Å². The molecule has 144 valence electrons. The van der Waals surface area contributed by atoms with Gasteiger partial charge in [-0.3, -0.25) is 4.79 Å². The fraction of sp³-hybridized carbons (Fsp3) is 0.429. The molecular weight excluding hydrogens is 360 g/mol. The van der Waals surface area contributed by atoms with E-state index in [0.29, 0.717) is 23.5 Å². The van der Waals surface area contributed by atoms with Gasteiger partial charge < -0.3 is 15.7 Å². The van der Waals surface area contributed by atoms with Gasteiger partial charge in [0, 0.05) is 17.1 Å². The number of nitrogens with one attached hydrogen (secondary N) is 2. The predicted molar refractivity (Wildman–Crippen MR) is 109 cm³/mol. The van der Waals surface area contributed by atoms with E-state index in [0.717, 1.165) is 34.4 Å². The fourth-order valence-corrected chi connectivity index (χ4v) is 4.87. The maximum atomic E-state index is 13.0. The van der Waals surface area contributed by atoms with Gasteiger partial charge in [-0.15, -0.1) is 11.3 Å². The zero-order valence-electron chi connectivity index (χ0n) is 16.2. The van der Waals surface area contributed by atoms with Crippen molar-refractivity contribution in [2.45, 2.75) is 46.6 Å². The number of carbonyl (C=O) groups is 2. The minimum absolute atomic E-state index is 0.0585. The molecule has 0 bridgehead atoms. The van der Waals surface area contributed by atoms with Crippen molar-refractivity contribution in [3.05, 3.63) is 50.2 Å². The number of aromatic carboxylic acids is 1. The van der Waals surface area contributed by atoms with Gasteiger partial charge in [-0.25, -0.2) is 4.79 Å². The van der Waals surface area contributed by atoms with E-state index >= 15 is 0 Å². The van der Waals surface area contributed by atoms with Crippen LogP contribution in [0.5, 0.6) is 0 Å². The Kier molecular flexibility index (Phi) is 5.40. The van der Waals surface area contributed by atoms with E-state index in [1.807, 2.05) is 32.2 Å². The second-order valence-corrected chi connectivity index (χ2v) is 9.10. The lowest BCUT2D eigenvalue weighted by molar-refractivity contribution is 0.0691. The molecule has 0 fully saturated rings. The molecule has 1 heterocycles. The molecule has 1 amide bonds. The van der Waals surface area contributed by atoms with Crippen molar-refractivity contribution in [3.63, 3.8) is 0 Å². The Morgan fingerprint density at radius 2 is 2.04 bits per heavy atom. The number of hydrogen-bond acceptors (Lipinski definition) is 4. The van der Waals surface area contributed by atoms with Crippen LogP contribution >= 0.6 is 11.3 Å². The zero-order valence-corrected chi connectivity index (χ0v) is 17.0. The van der Waals surface area contributed by atoms with Gasteiger partial charge in [0.05, 0.1) is 5.56 Å². The molecule has 6 heteroatoms. The molecule has 0 spiro atoms. The molecule has 3 N–H and O–H groups in total. The van der Waals surface area contributed by atoms with E-state index in [4.69, 9.17) is 0 Å². The maximum absolute atomic E-state index is 13.0. The number of carbonyl (C=O) groups excluding carboxylic acids is 1. The van der Waals surface area contributed by atoms with Crippen molar-refractivity contribution in [2.75, 3.05) is 12.4 Å². The van der Waals surface area contributed by atoms with Crippen LogP contribution in [0.2, 0.25) is 0 Å². The Bertz CT molecular complexity index is 899. The highest BCUT2D eigenvalue weighted by Crippen LogP contribution is 2.41. The van der Waals surface area contributed by atoms with Gasteiger partial charge >= 0.3 is 5.97 Å². The predicted octanol–water partition coefficient (Wildman–Crippen LogP) is 4.24. The van der Waals surface area contributed by atoms with E-state index < -0.39 is 5.97 Å². The van der Waals surface area contributed by atoms with Crippen molar-refractivity contribution in [2.24, 2.45) is 5.41 Å². The van der Waals surface area contributed by atoms with Crippen LogP contribution in [-0.2, 0) is 19.4 Å². The first-order valence-corrected chi connectivity index (χ1v) is 9.97. The SMILES string of the molecule is CNCc1cc(C)ccc1NC(=O)c1sc2c(c1C(=O)O)CC(C)(C)CC2. The molecule has 1 aliphatic carbocycles. The average Bonchev–Trinajstić information content (AvgIpc) is 2.95. The molecule has 0 unspecified atom stereocenters. The second-order valence-electron chi connectivity index (χ2n) is 8.00. The van der Waals surface area contributed by atoms with E-state index in [1.54, 1.807) is 0 Å². The fourth-order valence-electron chi connectivity index (χ4n) is 3.67. The third-order valence-electron chi connectivity index (χ3n) is 5.07. The standard InChI is InChI=1S/C21H26N2O3S/c1-12-5-6-15(13(9-12)11-22-4)23-19(24)18-17(20(25)26)14-10-21(2,3)8-7-16(14)27-18/h5-6,9,22H,7-8,10-11H2,1-4H3,(H,23,24)(H,25,26). The third-order valence-corrected chi connectivity index (χ3v) is 6.36. The van der Waals surface area contributed by atoms with E-state index in [2.05, 4.69) is 24.5 Å². The smallest absolute Gasteiger partial charge is 0.337 e. The summed E-state index contributed by atoms with van der Waals surface area (Å²) in [6.45, 7) is 6.92. The van der Waals surface area contributed by atoms with Crippen molar-refractivity contribution >= 4 is 28.9 Å². The highest BCUT2D eigenvalue weighted by molar-refractivity contribution is 7.14. The number of hydrogen-bond donors (Lipinski definition) is 3. The summed E-state index contributed by atoms with van der Waals surface area (Å²) in [7, 11) is 1.85. The second kappa shape index (κ2) is 7.44. The zero-order chi connectivity index (χ0) is 19.8. The molecule has 0 atom stereocenters. The lowest BCUT2D eigenvalue weighted by atomic mass is 9.76. The highest BCUT2D eigenvalue weighted by Gasteiger charge is 2.34. The molecule has 1 aromatic carbocycles. The summed E-state index contributed by atoms with van der Waals surface area (Å²) in [6.07, 6.45) is 2.53. The maximum Gasteiger partial charge on any atom is 0.337 e. The summed E-state index contributed by atoms with van der Waals surface area (Å²) in [5.41, 5.74) is 3.88. The largest absolute Gasteiger partial charge is 0.478 e. The van der Waals surface area contributed by atoms with E-state index in [-0.39, 0.29) is 16.9 Å². The van der Waals surface area contributed by atoms with Crippen LogP contribution in [0.4, 0.5) is 5.69 Å². The van der Waals surface area contributed by atoms with Crippen LogP contribution in [0.25, 0.3) is 0 Å². The summed E-state index contributed by atoms with van der Waals surface area (Å²) in [5, 5.41) is 15.8. The molecule has 0 aliphatic heterocycles. The molecule has 2 aromatic rings. The highest BCUT2D eigenvalue weighted by atomic mass is 32.1. The lowest BCUT2D eigenvalue weighted by Gasteiger charge is -2.29. The summed E-state index contributed by atoms with van der Waals surface area (Å²) >= 11 is 1.33. The molecule has 0 radical (unpaired) electrons. The van der Waals surface area contributed by atoms with E-state index in [9.17, 15) is 14.7 Å². The van der Waals surface area contributed by atoms with Crippen LogP contribution in [0, 0.1) is 12.3 Å². The Labute approximate surface area is 163 Å². The van der Waals surface area contributed by atoms with Gasteiger partial charge in [0.2, 0.25) is 0 Å². The number of anilines is 1. The Balaban J connectivity index is 1.97. The molecular formula is C21H26N2O3S. The topological polar surface area (TPSA) is 78.4 Å². The number of rotatable bonds is 5. The van der Waals surface area contributed by atoms with Crippen LogP contribution in [0.1, 0.15) is 61.9 Å². The molecule has 0 saturated heterocycles. The number of thiophene rings is 1. The number of benzene rings is 1. The number of aryl methyl sites for hydroxylation is 2. The molecule has 1 aromatic heterocycles. The Morgan fingerprint density at radius 3 is 2.70 bits per heavy atom. The van der Waals surface area contributed by atoms with E-state index in [1.165, 1.54) is 11.3 Å². The summed E-state index contributed by atoms with van der Waals surface area (Å²) in [6, 6.07) is 5.83. The molecule has 3 rings (SSSR count). The van der Waals surface area contributed by atoms with Crippen LogP contribution in [-0.4, -0.2) is 24.0 Å². The molecule has 0 saturated carbocycles. The Hall–Kier alpha value is -2.18. The number of carboxylic acids is 1. The minimum Gasteiger partial charge on any atom is -0.478 e. The first-order valence-electron chi connectivity index (χ1n) is 9.15. The molecule has 27 heavy (non-hydrogen) atoms. The van der Waals surface area contributed by atoms with Crippen LogP contribution in [0.15, 0.2) is 18.2 Å². The lowest BCUT2D eigenvalue weighted by Crippen LogP contribution is -2.23. The van der Waals surface area contributed by atoms with Gasteiger partial charge in [0.1, 0.15) is 4.88 Å². The van der Waals surface area contributed by atoms with Gasteiger partial charge in [0.15, 0.2) is 0 Å². The first kappa shape index (κ1) is 19.6. The molecule has 5 nitrogen and oxygen atoms in total. The number of carboxylic acid groups (broad SMARTS) is 1. The van der Waals surface area contributed by atoms with Crippen LogP contribution < -0.4 is 10.6 Å².